The van der Waals surface area contributed by atoms with E-state index in [9.17, 15) is 4.79 Å². The van der Waals surface area contributed by atoms with Crippen molar-refractivity contribution in [2.45, 2.75) is 6.54 Å². The van der Waals surface area contributed by atoms with Gasteiger partial charge in [0.1, 0.15) is 5.76 Å². The molecule has 0 atom stereocenters. The Morgan fingerprint density at radius 1 is 1.19 bits per heavy atom. The maximum Gasteiger partial charge on any atom is 0.319 e. The number of anilines is 1. The number of carbonyl (C=O) groups is 1. The maximum atomic E-state index is 11.3. The van der Waals surface area contributed by atoms with E-state index >= 15 is 0 Å². The molecule has 1 heterocycles. The van der Waals surface area contributed by atoms with Crippen LogP contribution < -0.4 is 10.6 Å². The zero-order chi connectivity index (χ0) is 11.4. The summed E-state index contributed by atoms with van der Waals surface area (Å²) in [5.74, 6) is 0.697. The lowest BCUT2D eigenvalue weighted by atomic mass is 10.3. The Hall–Kier alpha value is -2.23. The number of benzene rings is 1. The number of primary amides is 1. The lowest BCUT2D eigenvalue weighted by molar-refractivity contribution is 0.253. The Balaban J connectivity index is 2.22. The van der Waals surface area contributed by atoms with Gasteiger partial charge in [-0.25, -0.2) is 4.79 Å². The molecule has 0 aliphatic carbocycles. The molecule has 0 saturated carbocycles. The zero-order valence-corrected chi connectivity index (χ0v) is 8.67. The molecule has 0 unspecified atom stereocenters. The first-order valence-electron chi connectivity index (χ1n) is 4.92. The molecule has 4 nitrogen and oxygen atoms in total. The van der Waals surface area contributed by atoms with Gasteiger partial charge in [0.25, 0.3) is 0 Å². The molecule has 2 rings (SSSR count). The highest BCUT2D eigenvalue weighted by atomic mass is 16.3. The fourth-order valence-electron chi connectivity index (χ4n) is 1.46. The number of rotatable bonds is 3. The van der Waals surface area contributed by atoms with Crippen LogP contribution in [-0.2, 0) is 6.54 Å². The molecule has 1 aromatic carbocycles. The molecule has 16 heavy (non-hydrogen) atoms. The van der Waals surface area contributed by atoms with Gasteiger partial charge in [-0.15, -0.1) is 0 Å². The first-order valence-corrected chi connectivity index (χ1v) is 4.92. The van der Waals surface area contributed by atoms with Crippen LogP contribution in [0.4, 0.5) is 10.5 Å². The van der Waals surface area contributed by atoms with E-state index in [4.69, 9.17) is 10.2 Å². The second kappa shape index (κ2) is 4.53. The highest BCUT2D eigenvalue weighted by molar-refractivity contribution is 5.90. The van der Waals surface area contributed by atoms with E-state index in [0.717, 1.165) is 5.69 Å². The molecule has 1 aromatic heterocycles. The summed E-state index contributed by atoms with van der Waals surface area (Å²) in [5, 5.41) is 0. The molecule has 0 aliphatic heterocycles. The molecule has 2 amide bonds. The summed E-state index contributed by atoms with van der Waals surface area (Å²) in [7, 11) is 0. The van der Waals surface area contributed by atoms with E-state index in [-0.39, 0.29) is 0 Å². The van der Waals surface area contributed by atoms with E-state index in [0.29, 0.717) is 12.3 Å². The lowest BCUT2D eigenvalue weighted by Crippen LogP contribution is -2.35. The first-order chi connectivity index (χ1) is 7.77. The van der Waals surface area contributed by atoms with Gasteiger partial charge in [0.05, 0.1) is 12.8 Å². The zero-order valence-electron chi connectivity index (χ0n) is 8.67. The van der Waals surface area contributed by atoms with Crippen LogP contribution in [0.5, 0.6) is 0 Å². The third-order valence-electron chi connectivity index (χ3n) is 2.23. The second-order valence-corrected chi connectivity index (χ2v) is 3.34. The molecule has 0 bridgehead atoms. The van der Waals surface area contributed by atoms with Crippen molar-refractivity contribution < 1.29 is 9.21 Å². The summed E-state index contributed by atoms with van der Waals surface area (Å²) in [6, 6.07) is 12.3. The summed E-state index contributed by atoms with van der Waals surface area (Å²) in [5.41, 5.74) is 6.09. The van der Waals surface area contributed by atoms with E-state index in [1.807, 2.05) is 30.3 Å². The summed E-state index contributed by atoms with van der Waals surface area (Å²) < 4.78 is 5.19. The molecule has 0 fully saturated rings. The van der Waals surface area contributed by atoms with Gasteiger partial charge in [0.2, 0.25) is 0 Å². The van der Waals surface area contributed by atoms with Crippen molar-refractivity contribution in [3.8, 4) is 0 Å². The van der Waals surface area contributed by atoms with Crippen LogP contribution in [0.25, 0.3) is 0 Å². The van der Waals surface area contributed by atoms with Gasteiger partial charge < -0.3 is 10.2 Å². The van der Waals surface area contributed by atoms with Crippen LogP contribution in [0.1, 0.15) is 5.76 Å². The molecule has 0 radical (unpaired) electrons. The third kappa shape index (κ3) is 2.23. The van der Waals surface area contributed by atoms with E-state index < -0.39 is 6.03 Å². The highest BCUT2D eigenvalue weighted by Gasteiger charge is 2.13. The minimum absolute atomic E-state index is 0.340. The number of urea groups is 1. The van der Waals surface area contributed by atoms with Crippen molar-refractivity contribution >= 4 is 11.7 Å². The average Bonchev–Trinajstić information content (AvgIpc) is 2.79. The number of amides is 2. The van der Waals surface area contributed by atoms with E-state index in [1.165, 1.54) is 4.90 Å². The molecule has 0 saturated heterocycles. The molecule has 82 valence electrons. The quantitative estimate of drug-likeness (QED) is 0.856. The van der Waals surface area contributed by atoms with E-state index in [2.05, 4.69) is 0 Å². The number of nitrogens with zero attached hydrogens (tertiary/aromatic N) is 1. The minimum Gasteiger partial charge on any atom is -0.467 e. The van der Waals surface area contributed by atoms with Crippen molar-refractivity contribution in [3.05, 3.63) is 54.5 Å². The van der Waals surface area contributed by atoms with Gasteiger partial charge in [-0.2, -0.15) is 0 Å². The Morgan fingerprint density at radius 3 is 2.50 bits per heavy atom. The smallest absolute Gasteiger partial charge is 0.319 e. The van der Waals surface area contributed by atoms with Gasteiger partial charge in [-0.3, -0.25) is 4.90 Å². The van der Waals surface area contributed by atoms with Crippen LogP contribution in [0.2, 0.25) is 0 Å². The highest BCUT2D eigenvalue weighted by Crippen LogP contribution is 2.16. The number of para-hydroxylation sites is 1. The van der Waals surface area contributed by atoms with E-state index in [1.54, 1.807) is 18.4 Å². The SMILES string of the molecule is NC(=O)N(Cc1ccco1)c1ccccc1. The Kier molecular flexibility index (Phi) is 2.91. The summed E-state index contributed by atoms with van der Waals surface area (Å²) in [6.07, 6.45) is 1.57. The molecule has 2 N–H and O–H groups in total. The van der Waals surface area contributed by atoms with Crippen molar-refractivity contribution in [2.75, 3.05) is 4.90 Å². The minimum atomic E-state index is -0.498. The molecule has 0 spiro atoms. The second-order valence-electron chi connectivity index (χ2n) is 3.34. The summed E-state index contributed by atoms with van der Waals surface area (Å²) in [4.78, 5) is 12.8. The molecule has 0 aliphatic rings. The summed E-state index contributed by atoms with van der Waals surface area (Å²) >= 11 is 0. The topological polar surface area (TPSA) is 59.5 Å². The molecule has 2 aromatic rings. The average molecular weight is 216 g/mol. The van der Waals surface area contributed by atoms with Crippen molar-refractivity contribution in [2.24, 2.45) is 5.73 Å². The number of hydrogen-bond acceptors (Lipinski definition) is 2. The largest absolute Gasteiger partial charge is 0.467 e. The van der Waals surface area contributed by atoms with Gasteiger partial charge in [-0.05, 0) is 24.3 Å². The maximum absolute atomic E-state index is 11.3. The predicted molar refractivity (Wildman–Crippen MR) is 60.9 cm³/mol. The Labute approximate surface area is 93.3 Å². The first kappa shape index (κ1) is 10.3. The lowest BCUT2D eigenvalue weighted by Gasteiger charge is -2.18. The summed E-state index contributed by atoms with van der Waals surface area (Å²) in [6.45, 7) is 0.340. The van der Waals surface area contributed by atoms with Crippen molar-refractivity contribution in [1.29, 1.82) is 0 Å². The van der Waals surface area contributed by atoms with Crippen LogP contribution in [0, 0.1) is 0 Å². The number of furan rings is 1. The number of nitrogens with two attached hydrogens (primary N) is 1. The predicted octanol–water partition coefficient (Wildman–Crippen LogP) is 2.36. The van der Waals surface area contributed by atoms with Crippen LogP contribution in [0.3, 0.4) is 0 Å². The number of hydrogen-bond donors (Lipinski definition) is 1. The fourth-order valence-corrected chi connectivity index (χ4v) is 1.46. The molecular formula is C12H12N2O2. The van der Waals surface area contributed by atoms with Crippen LogP contribution in [0.15, 0.2) is 53.1 Å². The monoisotopic (exact) mass is 216 g/mol. The molecular weight excluding hydrogens is 204 g/mol. The van der Waals surface area contributed by atoms with Gasteiger partial charge in [0, 0.05) is 5.69 Å². The molecule has 4 heteroatoms. The normalized spacial score (nSPS) is 10.0. The third-order valence-corrected chi connectivity index (χ3v) is 2.23. The Morgan fingerprint density at radius 2 is 1.94 bits per heavy atom. The van der Waals surface area contributed by atoms with Crippen LogP contribution in [-0.4, -0.2) is 6.03 Å². The fraction of sp³-hybridized carbons (Fsp3) is 0.0833. The number of carbonyl (C=O) groups excluding carboxylic acids is 1. The van der Waals surface area contributed by atoms with Gasteiger partial charge >= 0.3 is 6.03 Å². The van der Waals surface area contributed by atoms with Gasteiger partial charge in [0.15, 0.2) is 0 Å². The Bertz CT molecular complexity index is 451. The van der Waals surface area contributed by atoms with Crippen LogP contribution >= 0.6 is 0 Å². The van der Waals surface area contributed by atoms with Crippen molar-refractivity contribution in [3.63, 3.8) is 0 Å². The van der Waals surface area contributed by atoms with Gasteiger partial charge in [-0.1, -0.05) is 18.2 Å². The standard InChI is InChI=1S/C12H12N2O2/c13-12(15)14(9-11-7-4-8-16-11)10-5-2-1-3-6-10/h1-8H,9H2,(H2,13,15). The van der Waals surface area contributed by atoms with Crippen molar-refractivity contribution in [1.82, 2.24) is 0 Å².